The van der Waals surface area contributed by atoms with Gasteiger partial charge in [-0.25, -0.2) is 9.67 Å². The third-order valence-corrected chi connectivity index (χ3v) is 4.78. The molecule has 0 unspecified atom stereocenters. The Morgan fingerprint density at radius 1 is 1.17 bits per heavy atom. The maximum Gasteiger partial charge on any atom is 0.297 e. The van der Waals surface area contributed by atoms with Crippen LogP contribution in [0.3, 0.4) is 0 Å². The Labute approximate surface area is 172 Å². The van der Waals surface area contributed by atoms with Crippen LogP contribution in [0.2, 0.25) is 5.02 Å². The monoisotopic (exact) mass is 407 g/mol. The molecule has 0 bridgehead atoms. The summed E-state index contributed by atoms with van der Waals surface area (Å²) in [6.45, 7) is 3.85. The zero-order chi connectivity index (χ0) is 20.4. The number of aryl methyl sites for hydroxylation is 2. The van der Waals surface area contributed by atoms with E-state index in [1.54, 1.807) is 25.1 Å². The number of para-hydroxylation sites is 1. The fraction of sp³-hybridized carbons (Fsp3) is 0.143. The molecule has 146 valence electrons. The number of carbonyl (C=O) groups excluding carboxylic acids is 1. The molecule has 4 aromatic rings. The van der Waals surface area contributed by atoms with E-state index in [2.05, 4.69) is 27.5 Å². The van der Waals surface area contributed by atoms with E-state index in [1.807, 2.05) is 36.4 Å². The molecule has 0 saturated heterocycles. The SMILES string of the molecule is CCc1ccc(-c2cc(NC(=O)c3nc(C)n(-c4ccccc4Cl)n3)on2)cc1. The number of halogens is 1. The average Bonchev–Trinajstić information content (AvgIpc) is 3.35. The second kappa shape index (κ2) is 7.89. The summed E-state index contributed by atoms with van der Waals surface area (Å²) in [6.07, 6.45) is 0.966. The Morgan fingerprint density at radius 3 is 2.66 bits per heavy atom. The summed E-state index contributed by atoms with van der Waals surface area (Å²) in [7, 11) is 0. The van der Waals surface area contributed by atoms with Crippen LogP contribution in [0.25, 0.3) is 16.9 Å². The van der Waals surface area contributed by atoms with Gasteiger partial charge >= 0.3 is 0 Å². The van der Waals surface area contributed by atoms with Gasteiger partial charge < -0.3 is 4.52 Å². The third-order valence-electron chi connectivity index (χ3n) is 4.46. The highest BCUT2D eigenvalue weighted by Crippen LogP contribution is 2.23. The van der Waals surface area contributed by atoms with Crippen molar-refractivity contribution in [1.29, 1.82) is 0 Å². The van der Waals surface area contributed by atoms with Crippen LogP contribution < -0.4 is 5.32 Å². The first-order valence-electron chi connectivity index (χ1n) is 9.11. The smallest absolute Gasteiger partial charge is 0.297 e. The standard InChI is InChI=1S/C21H18ClN5O2/c1-3-14-8-10-15(11-9-14)17-12-19(29-26-17)24-21(28)20-23-13(2)27(25-20)18-7-5-4-6-16(18)22/h4-12H,3H2,1-2H3,(H,24,28). The summed E-state index contributed by atoms with van der Waals surface area (Å²) >= 11 is 6.22. The van der Waals surface area contributed by atoms with Gasteiger partial charge in [0.2, 0.25) is 11.7 Å². The van der Waals surface area contributed by atoms with Crippen molar-refractivity contribution in [2.45, 2.75) is 20.3 Å². The number of amides is 1. The highest BCUT2D eigenvalue weighted by Gasteiger charge is 2.18. The third kappa shape index (κ3) is 3.90. The number of rotatable bonds is 5. The van der Waals surface area contributed by atoms with Crippen LogP contribution >= 0.6 is 11.6 Å². The van der Waals surface area contributed by atoms with E-state index in [0.717, 1.165) is 12.0 Å². The van der Waals surface area contributed by atoms with E-state index in [4.69, 9.17) is 16.1 Å². The normalized spacial score (nSPS) is 10.9. The lowest BCUT2D eigenvalue weighted by Crippen LogP contribution is -2.13. The number of hydrogen-bond donors (Lipinski definition) is 1. The van der Waals surface area contributed by atoms with Gasteiger partial charge in [0.15, 0.2) is 0 Å². The van der Waals surface area contributed by atoms with Crippen LogP contribution in [0.4, 0.5) is 5.88 Å². The quantitative estimate of drug-likeness (QED) is 0.518. The molecule has 0 aliphatic rings. The molecule has 0 fully saturated rings. The van der Waals surface area contributed by atoms with Crippen molar-refractivity contribution in [3.63, 3.8) is 0 Å². The lowest BCUT2D eigenvalue weighted by molar-refractivity contribution is 0.101. The molecule has 0 atom stereocenters. The van der Waals surface area contributed by atoms with Crippen molar-refractivity contribution in [3.8, 4) is 16.9 Å². The molecule has 2 aromatic carbocycles. The summed E-state index contributed by atoms with van der Waals surface area (Å²) < 4.78 is 6.77. The molecule has 7 nitrogen and oxygen atoms in total. The summed E-state index contributed by atoms with van der Waals surface area (Å²) in [6, 6.07) is 16.9. The largest absolute Gasteiger partial charge is 0.338 e. The first-order valence-corrected chi connectivity index (χ1v) is 9.49. The molecule has 0 saturated carbocycles. The molecule has 0 aliphatic heterocycles. The predicted molar refractivity (Wildman–Crippen MR) is 110 cm³/mol. The zero-order valence-corrected chi connectivity index (χ0v) is 16.6. The van der Waals surface area contributed by atoms with Gasteiger partial charge in [0.05, 0.1) is 10.7 Å². The summed E-state index contributed by atoms with van der Waals surface area (Å²) in [5.74, 6) is 0.268. The first kappa shape index (κ1) is 18.9. The van der Waals surface area contributed by atoms with Crippen LogP contribution in [0.15, 0.2) is 59.1 Å². The van der Waals surface area contributed by atoms with Crippen LogP contribution in [-0.2, 0) is 6.42 Å². The van der Waals surface area contributed by atoms with Gasteiger partial charge in [-0.3, -0.25) is 10.1 Å². The minimum atomic E-state index is -0.497. The number of anilines is 1. The van der Waals surface area contributed by atoms with Crippen molar-refractivity contribution < 1.29 is 9.32 Å². The maximum absolute atomic E-state index is 12.6. The van der Waals surface area contributed by atoms with Gasteiger partial charge in [0, 0.05) is 11.6 Å². The van der Waals surface area contributed by atoms with Gasteiger partial charge in [0.25, 0.3) is 5.91 Å². The second-order valence-corrected chi connectivity index (χ2v) is 6.83. The van der Waals surface area contributed by atoms with Crippen molar-refractivity contribution in [3.05, 3.63) is 76.8 Å². The summed E-state index contributed by atoms with van der Waals surface area (Å²) in [5, 5.41) is 11.4. The van der Waals surface area contributed by atoms with Crippen LogP contribution in [0.5, 0.6) is 0 Å². The summed E-state index contributed by atoms with van der Waals surface area (Å²) in [5.41, 5.74) is 3.43. The number of carbonyl (C=O) groups is 1. The fourth-order valence-corrected chi connectivity index (χ4v) is 3.10. The van der Waals surface area contributed by atoms with E-state index < -0.39 is 5.91 Å². The van der Waals surface area contributed by atoms with Crippen molar-refractivity contribution in [2.24, 2.45) is 0 Å². The lowest BCUT2D eigenvalue weighted by atomic mass is 10.1. The van der Waals surface area contributed by atoms with E-state index in [9.17, 15) is 4.79 Å². The number of benzene rings is 2. The molecule has 8 heteroatoms. The number of nitrogens with one attached hydrogen (secondary N) is 1. The molecular weight excluding hydrogens is 390 g/mol. The van der Waals surface area contributed by atoms with Gasteiger partial charge in [-0.1, -0.05) is 60.1 Å². The molecule has 2 aromatic heterocycles. The maximum atomic E-state index is 12.6. The highest BCUT2D eigenvalue weighted by atomic mass is 35.5. The van der Waals surface area contributed by atoms with Crippen molar-refractivity contribution in [1.82, 2.24) is 19.9 Å². The van der Waals surface area contributed by atoms with E-state index in [-0.39, 0.29) is 11.7 Å². The molecule has 29 heavy (non-hydrogen) atoms. The Balaban J connectivity index is 1.52. The van der Waals surface area contributed by atoms with E-state index in [0.29, 0.717) is 22.2 Å². The zero-order valence-electron chi connectivity index (χ0n) is 15.9. The molecular formula is C21H18ClN5O2. The second-order valence-electron chi connectivity index (χ2n) is 6.43. The molecule has 4 rings (SSSR count). The molecule has 1 amide bonds. The van der Waals surface area contributed by atoms with Gasteiger partial charge in [-0.05, 0) is 31.0 Å². The average molecular weight is 408 g/mol. The van der Waals surface area contributed by atoms with Gasteiger partial charge in [-0.2, -0.15) is 0 Å². The first-order chi connectivity index (χ1) is 14.0. The molecule has 0 spiro atoms. The number of nitrogens with zero attached hydrogens (tertiary/aromatic N) is 4. The lowest BCUT2D eigenvalue weighted by Gasteiger charge is -2.04. The Morgan fingerprint density at radius 2 is 1.93 bits per heavy atom. The number of hydrogen-bond acceptors (Lipinski definition) is 5. The minimum Gasteiger partial charge on any atom is -0.338 e. The van der Waals surface area contributed by atoms with Crippen molar-refractivity contribution >= 4 is 23.4 Å². The number of aromatic nitrogens is 4. The van der Waals surface area contributed by atoms with Crippen LogP contribution in [0, 0.1) is 6.92 Å². The van der Waals surface area contributed by atoms with E-state index in [1.165, 1.54) is 10.2 Å². The Hall–Kier alpha value is -3.45. The highest BCUT2D eigenvalue weighted by molar-refractivity contribution is 6.32. The predicted octanol–water partition coefficient (Wildman–Crippen LogP) is 4.70. The molecule has 2 heterocycles. The minimum absolute atomic E-state index is 0.00710. The van der Waals surface area contributed by atoms with Crippen molar-refractivity contribution in [2.75, 3.05) is 5.32 Å². The Kier molecular flexibility index (Phi) is 5.14. The summed E-state index contributed by atoms with van der Waals surface area (Å²) in [4.78, 5) is 16.8. The molecule has 0 radical (unpaired) electrons. The molecule has 1 N–H and O–H groups in total. The van der Waals surface area contributed by atoms with Crippen LogP contribution in [-0.4, -0.2) is 25.8 Å². The molecule has 0 aliphatic carbocycles. The Bertz CT molecular complexity index is 1160. The fourth-order valence-electron chi connectivity index (χ4n) is 2.89. The van der Waals surface area contributed by atoms with Gasteiger partial charge in [0.1, 0.15) is 11.5 Å². The van der Waals surface area contributed by atoms with E-state index >= 15 is 0 Å². The topological polar surface area (TPSA) is 85.8 Å². The van der Waals surface area contributed by atoms with Gasteiger partial charge in [-0.15, -0.1) is 5.10 Å². The van der Waals surface area contributed by atoms with Crippen LogP contribution in [0.1, 0.15) is 28.9 Å².